The number of piperidine rings is 1. The topological polar surface area (TPSA) is 86.2 Å². The van der Waals surface area contributed by atoms with Crippen molar-refractivity contribution in [3.63, 3.8) is 0 Å². The second-order valence-corrected chi connectivity index (χ2v) is 8.53. The largest absolute Gasteiger partial charge is 0.355 e. The average Bonchev–Trinajstić information content (AvgIpc) is 3.55. The van der Waals surface area contributed by atoms with Crippen molar-refractivity contribution in [2.24, 2.45) is 7.05 Å². The monoisotopic (exact) mass is 435 g/mol. The van der Waals surface area contributed by atoms with Crippen molar-refractivity contribution in [2.45, 2.75) is 18.8 Å². The molecule has 0 N–H and O–H groups in total. The second kappa shape index (κ2) is 7.99. The van der Waals surface area contributed by atoms with E-state index in [2.05, 4.69) is 10.3 Å². The Morgan fingerprint density at radius 3 is 2.81 bits per heavy atom. The summed E-state index contributed by atoms with van der Waals surface area (Å²) in [6.07, 6.45) is 1.68. The van der Waals surface area contributed by atoms with Gasteiger partial charge in [-0.1, -0.05) is 29.4 Å². The van der Waals surface area contributed by atoms with Crippen LogP contribution in [-0.2, 0) is 7.05 Å². The van der Waals surface area contributed by atoms with Gasteiger partial charge < -0.3 is 9.42 Å². The number of aryl methyl sites for hydroxylation is 1. The summed E-state index contributed by atoms with van der Waals surface area (Å²) in [7, 11) is 1.65. The highest BCUT2D eigenvalue weighted by Crippen LogP contribution is 2.29. The van der Waals surface area contributed by atoms with Crippen LogP contribution in [0.25, 0.3) is 16.3 Å². The first kappa shape index (κ1) is 19.5. The molecule has 1 aliphatic heterocycles. The standard InChI is InChI=1S/C22H21N5O3S/c1-25-22(29)27(16-8-3-2-4-9-16)20(23-25)15-7-5-11-26(14-15)21(28)17-13-18(30-24-17)19-10-6-12-31-19/h2-4,6,8-10,12-13,15H,5,7,11,14H2,1H3. The third-order valence-corrected chi connectivity index (χ3v) is 6.42. The number of thiophene rings is 1. The first-order valence-electron chi connectivity index (χ1n) is 10.1. The number of aromatic nitrogens is 4. The van der Waals surface area contributed by atoms with Crippen molar-refractivity contribution >= 4 is 17.2 Å². The molecular formula is C22H21N5O3S. The van der Waals surface area contributed by atoms with E-state index in [0.29, 0.717) is 30.4 Å². The summed E-state index contributed by atoms with van der Waals surface area (Å²) < 4.78 is 8.38. The first-order valence-corrected chi connectivity index (χ1v) is 11.0. The Morgan fingerprint density at radius 1 is 1.19 bits per heavy atom. The summed E-state index contributed by atoms with van der Waals surface area (Å²) in [6, 6.07) is 15.0. The van der Waals surface area contributed by atoms with Crippen molar-refractivity contribution in [3.8, 4) is 16.3 Å². The normalized spacial score (nSPS) is 16.5. The molecule has 0 spiro atoms. The van der Waals surface area contributed by atoms with Crippen molar-refractivity contribution in [1.82, 2.24) is 24.4 Å². The van der Waals surface area contributed by atoms with Crippen molar-refractivity contribution in [3.05, 3.63) is 75.9 Å². The zero-order valence-electron chi connectivity index (χ0n) is 17.0. The second-order valence-electron chi connectivity index (χ2n) is 7.58. The van der Waals surface area contributed by atoms with Crippen LogP contribution in [0.5, 0.6) is 0 Å². The summed E-state index contributed by atoms with van der Waals surface area (Å²) >= 11 is 1.54. The zero-order valence-corrected chi connectivity index (χ0v) is 17.8. The van der Waals surface area contributed by atoms with Crippen LogP contribution in [0.4, 0.5) is 0 Å². The van der Waals surface area contributed by atoms with E-state index in [-0.39, 0.29) is 17.5 Å². The van der Waals surface area contributed by atoms with Gasteiger partial charge in [0, 0.05) is 32.1 Å². The molecule has 1 aliphatic rings. The molecule has 1 saturated heterocycles. The minimum absolute atomic E-state index is 0.0459. The van der Waals surface area contributed by atoms with Gasteiger partial charge in [0.15, 0.2) is 11.5 Å². The highest BCUT2D eigenvalue weighted by atomic mass is 32.1. The fraction of sp³-hybridized carbons (Fsp3) is 0.273. The van der Waals surface area contributed by atoms with Crippen molar-refractivity contribution < 1.29 is 9.32 Å². The van der Waals surface area contributed by atoms with Crippen LogP contribution in [0, 0.1) is 0 Å². The molecule has 0 aliphatic carbocycles. The number of benzene rings is 1. The molecule has 3 aromatic heterocycles. The smallest absolute Gasteiger partial charge is 0.350 e. The van der Waals surface area contributed by atoms with Crippen LogP contribution in [0.15, 0.2) is 63.2 Å². The maximum absolute atomic E-state index is 13.1. The van der Waals surface area contributed by atoms with E-state index >= 15 is 0 Å². The molecule has 5 rings (SSSR count). The summed E-state index contributed by atoms with van der Waals surface area (Å²) in [6.45, 7) is 1.11. The van der Waals surface area contributed by atoms with Gasteiger partial charge in [0.2, 0.25) is 0 Å². The Hall–Kier alpha value is -3.46. The van der Waals surface area contributed by atoms with Crippen molar-refractivity contribution in [2.75, 3.05) is 13.1 Å². The number of hydrogen-bond acceptors (Lipinski definition) is 6. The lowest BCUT2D eigenvalue weighted by molar-refractivity contribution is 0.0693. The maximum Gasteiger partial charge on any atom is 0.350 e. The molecule has 1 amide bonds. The van der Waals surface area contributed by atoms with Gasteiger partial charge in [-0.25, -0.2) is 14.0 Å². The predicted octanol–water partition coefficient (Wildman–Crippen LogP) is 3.31. The molecule has 0 bridgehead atoms. The predicted molar refractivity (Wildman–Crippen MR) is 116 cm³/mol. The Kier molecular flexibility index (Phi) is 5.03. The Balaban J connectivity index is 1.41. The number of amides is 1. The Bertz CT molecular complexity index is 1260. The zero-order chi connectivity index (χ0) is 21.4. The molecule has 1 atom stereocenters. The van der Waals surface area contributed by atoms with Crippen LogP contribution in [-0.4, -0.2) is 43.4 Å². The van der Waals surface area contributed by atoms with Gasteiger partial charge in [0.05, 0.1) is 10.6 Å². The van der Waals surface area contributed by atoms with Crippen LogP contribution >= 0.6 is 11.3 Å². The molecule has 4 heterocycles. The summed E-state index contributed by atoms with van der Waals surface area (Å²) in [4.78, 5) is 28.6. The number of likely N-dealkylation sites (tertiary alicyclic amines) is 1. The molecular weight excluding hydrogens is 414 g/mol. The molecule has 0 saturated carbocycles. The number of hydrogen-bond donors (Lipinski definition) is 0. The van der Waals surface area contributed by atoms with E-state index in [0.717, 1.165) is 23.4 Å². The van der Waals surface area contributed by atoms with E-state index in [1.807, 2.05) is 47.8 Å². The maximum atomic E-state index is 13.1. The van der Waals surface area contributed by atoms with Gasteiger partial charge in [0.25, 0.3) is 5.91 Å². The molecule has 1 unspecified atom stereocenters. The number of nitrogens with zero attached hydrogens (tertiary/aromatic N) is 5. The third-order valence-electron chi connectivity index (χ3n) is 5.53. The molecule has 1 aromatic carbocycles. The molecule has 9 heteroatoms. The number of carbonyl (C=O) groups is 1. The van der Waals surface area contributed by atoms with Gasteiger partial charge >= 0.3 is 5.69 Å². The van der Waals surface area contributed by atoms with Crippen molar-refractivity contribution in [1.29, 1.82) is 0 Å². The number of para-hydroxylation sites is 1. The minimum Gasteiger partial charge on any atom is -0.355 e. The van der Waals surface area contributed by atoms with Gasteiger partial charge in [-0.15, -0.1) is 11.3 Å². The quantitative estimate of drug-likeness (QED) is 0.491. The first-order chi connectivity index (χ1) is 15.1. The van der Waals surface area contributed by atoms with Gasteiger partial charge in [-0.05, 0) is 36.4 Å². The molecule has 31 heavy (non-hydrogen) atoms. The highest BCUT2D eigenvalue weighted by Gasteiger charge is 2.31. The van der Waals surface area contributed by atoms with Crippen LogP contribution in [0.3, 0.4) is 0 Å². The minimum atomic E-state index is -0.193. The van der Waals surface area contributed by atoms with Gasteiger partial charge in [-0.2, -0.15) is 5.10 Å². The lowest BCUT2D eigenvalue weighted by Crippen LogP contribution is -2.40. The average molecular weight is 436 g/mol. The van der Waals surface area contributed by atoms with E-state index in [9.17, 15) is 9.59 Å². The van der Waals surface area contributed by atoms with Gasteiger partial charge in [0.1, 0.15) is 5.82 Å². The number of rotatable bonds is 4. The molecule has 158 valence electrons. The summed E-state index contributed by atoms with van der Waals surface area (Å²) in [5.41, 5.74) is 0.878. The molecule has 4 aromatic rings. The SMILES string of the molecule is Cn1nc(C2CCCN(C(=O)c3cc(-c4cccs4)on3)C2)n(-c2ccccc2)c1=O. The van der Waals surface area contributed by atoms with Crippen LogP contribution in [0.1, 0.15) is 35.1 Å². The van der Waals surface area contributed by atoms with E-state index in [1.54, 1.807) is 22.6 Å². The summed E-state index contributed by atoms with van der Waals surface area (Å²) in [5, 5.41) is 10.5. The molecule has 0 radical (unpaired) electrons. The number of carbonyl (C=O) groups excluding carboxylic acids is 1. The molecule has 1 fully saturated rings. The fourth-order valence-corrected chi connectivity index (χ4v) is 4.69. The van der Waals surface area contributed by atoms with E-state index in [4.69, 9.17) is 4.52 Å². The van der Waals surface area contributed by atoms with Gasteiger partial charge in [-0.3, -0.25) is 4.79 Å². The lowest BCUT2D eigenvalue weighted by atomic mass is 9.96. The Morgan fingerprint density at radius 2 is 2.03 bits per heavy atom. The van der Waals surface area contributed by atoms with E-state index in [1.165, 1.54) is 16.0 Å². The van der Waals surface area contributed by atoms with Crippen LogP contribution < -0.4 is 5.69 Å². The third kappa shape index (κ3) is 3.61. The Labute approximate surface area is 182 Å². The highest BCUT2D eigenvalue weighted by molar-refractivity contribution is 7.13. The fourth-order valence-electron chi connectivity index (χ4n) is 4.01. The molecule has 8 nitrogen and oxygen atoms in total. The lowest BCUT2D eigenvalue weighted by Gasteiger charge is -2.31. The van der Waals surface area contributed by atoms with Crippen LogP contribution in [0.2, 0.25) is 0 Å². The summed E-state index contributed by atoms with van der Waals surface area (Å²) in [5.74, 6) is 1.06. The van der Waals surface area contributed by atoms with E-state index < -0.39 is 0 Å².